The molecule has 0 saturated carbocycles. The summed E-state index contributed by atoms with van der Waals surface area (Å²) in [6.45, 7) is 2.14. The summed E-state index contributed by atoms with van der Waals surface area (Å²) in [7, 11) is 0. The summed E-state index contributed by atoms with van der Waals surface area (Å²) < 4.78 is 0. The van der Waals surface area contributed by atoms with Crippen LogP contribution in [0.3, 0.4) is 0 Å². The van der Waals surface area contributed by atoms with Crippen LogP contribution in [0.15, 0.2) is 71.7 Å². The molecule has 4 rings (SSSR count). The Hall–Kier alpha value is -2.33. The number of phenolic OH excluding ortho intramolecular Hbond substituents is 1. The third-order valence-electron chi connectivity index (χ3n) is 5.29. The van der Waals surface area contributed by atoms with Gasteiger partial charge in [-0.15, -0.1) is 0 Å². The van der Waals surface area contributed by atoms with Gasteiger partial charge in [-0.25, -0.2) is 0 Å². The van der Waals surface area contributed by atoms with E-state index in [1.54, 1.807) is 12.1 Å². The topological polar surface area (TPSA) is 44.6 Å². The Labute approximate surface area is 181 Å². The Bertz CT molecular complexity index is 1030. The van der Waals surface area contributed by atoms with Crippen LogP contribution in [0.25, 0.3) is 0 Å². The summed E-state index contributed by atoms with van der Waals surface area (Å²) in [5.74, 6) is 0.226. The Morgan fingerprint density at radius 1 is 0.966 bits per heavy atom. The maximum atomic E-state index is 10.4. The van der Waals surface area contributed by atoms with Crippen molar-refractivity contribution in [3.05, 3.63) is 99.0 Å². The zero-order chi connectivity index (χ0) is 20.4. The van der Waals surface area contributed by atoms with Crippen LogP contribution in [0, 0.1) is 0 Å². The van der Waals surface area contributed by atoms with Crippen LogP contribution in [-0.2, 0) is 6.42 Å². The normalized spacial score (nSPS) is 19.1. The molecule has 0 amide bonds. The fourth-order valence-electron chi connectivity index (χ4n) is 3.63. The minimum Gasteiger partial charge on any atom is -0.508 e. The largest absolute Gasteiger partial charge is 0.508 e. The number of halogens is 2. The van der Waals surface area contributed by atoms with Crippen molar-refractivity contribution in [2.75, 3.05) is 0 Å². The van der Waals surface area contributed by atoms with E-state index in [0.717, 1.165) is 28.8 Å². The first-order chi connectivity index (χ1) is 14.0. The van der Waals surface area contributed by atoms with Gasteiger partial charge in [-0.3, -0.25) is 10.3 Å². The van der Waals surface area contributed by atoms with E-state index in [0.29, 0.717) is 16.5 Å². The zero-order valence-corrected chi connectivity index (χ0v) is 17.6. The predicted molar refractivity (Wildman–Crippen MR) is 120 cm³/mol. The lowest BCUT2D eigenvalue weighted by molar-refractivity contribution is 0.413. The third-order valence-corrected chi connectivity index (χ3v) is 5.77. The number of aliphatic imine (C=N–C) groups is 1. The highest BCUT2D eigenvalue weighted by Crippen LogP contribution is 2.36. The molecule has 3 nitrogen and oxygen atoms in total. The molecule has 0 aromatic heterocycles. The molecule has 0 radical (unpaired) electrons. The molecular formula is C24H22Cl2N2O. The molecule has 1 aliphatic heterocycles. The smallest absolute Gasteiger partial charge is 0.126 e. The fourth-order valence-corrected chi connectivity index (χ4v) is 3.94. The molecule has 0 fully saturated rings. The van der Waals surface area contributed by atoms with Crippen LogP contribution >= 0.6 is 23.2 Å². The third kappa shape index (κ3) is 4.48. The first-order valence-electron chi connectivity index (χ1n) is 9.69. The van der Waals surface area contributed by atoms with Crippen LogP contribution in [0.5, 0.6) is 5.75 Å². The number of hydrogen-bond acceptors (Lipinski definition) is 3. The quantitative estimate of drug-likeness (QED) is 0.502. The van der Waals surface area contributed by atoms with Gasteiger partial charge in [0.25, 0.3) is 0 Å². The van der Waals surface area contributed by atoms with Gasteiger partial charge in [-0.05, 0) is 53.4 Å². The highest BCUT2D eigenvalue weighted by molar-refractivity contribution is 6.30. The average molecular weight is 425 g/mol. The summed E-state index contributed by atoms with van der Waals surface area (Å²) in [4.78, 5) is 4.98. The highest BCUT2D eigenvalue weighted by Gasteiger charge is 2.27. The van der Waals surface area contributed by atoms with Crippen molar-refractivity contribution >= 4 is 28.9 Å². The van der Waals surface area contributed by atoms with E-state index in [1.807, 2.05) is 30.3 Å². The summed E-state index contributed by atoms with van der Waals surface area (Å²) in [5, 5.41) is 15.3. The molecular weight excluding hydrogens is 403 g/mol. The first kappa shape index (κ1) is 20.0. The van der Waals surface area contributed by atoms with Gasteiger partial charge >= 0.3 is 0 Å². The summed E-state index contributed by atoms with van der Waals surface area (Å²) in [5.41, 5.74) is 5.17. The van der Waals surface area contributed by atoms with Crippen LogP contribution in [0.4, 0.5) is 0 Å². The van der Waals surface area contributed by atoms with Crippen LogP contribution in [0.2, 0.25) is 10.0 Å². The number of nitrogens with zero attached hydrogens (tertiary/aromatic N) is 1. The van der Waals surface area contributed by atoms with E-state index in [9.17, 15) is 5.11 Å². The molecule has 1 aliphatic rings. The van der Waals surface area contributed by atoms with E-state index < -0.39 is 0 Å². The second-order valence-corrected chi connectivity index (χ2v) is 8.08. The molecule has 148 valence electrons. The van der Waals surface area contributed by atoms with Crippen molar-refractivity contribution in [1.82, 2.24) is 5.32 Å². The Kier molecular flexibility index (Phi) is 5.91. The van der Waals surface area contributed by atoms with Crippen molar-refractivity contribution in [3.63, 3.8) is 0 Å². The monoisotopic (exact) mass is 424 g/mol. The van der Waals surface area contributed by atoms with E-state index in [1.165, 1.54) is 5.56 Å². The Balaban J connectivity index is 1.75. The van der Waals surface area contributed by atoms with Crippen molar-refractivity contribution in [1.29, 1.82) is 0 Å². The van der Waals surface area contributed by atoms with Gasteiger partial charge in [0.15, 0.2) is 0 Å². The molecule has 0 aliphatic carbocycles. The number of phenols is 1. The minimum absolute atomic E-state index is 0.118. The van der Waals surface area contributed by atoms with Crippen molar-refractivity contribution in [2.45, 2.75) is 32.0 Å². The lowest BCUT2D eigenvalue weighted by atomic mass is 9.93. The lowest BCUT2D eigenvalue weighted by Gasteiger charge is -2.31. The molecule has 29 heavy (non-hydrogen) atoms. The van der Waals surface area contributed by atoms with Crippen LogP contribution in [-0.4, -0.2) is 10.8 Å². The van der Waals surface area contributed by atoms with E-state index >= 15 is 0 Å². The van der Waals surface area contributed by atoms with Gasteiger partial charge in [-0.1, -0.05) is 66.5 Å². The molecule has 0 spiro atoms. The Morgan fingerprint density at radius 2 is 1.66 bits per heavy atom. The predicted octanol–water partition coefficient (Wildman–Crippen LogP) is 6.48. The number of aryl methyl sites for hydroxylation is 1. The standard InChI is InChI=1S/C24H22Cl2N2O/c1-2-15-3-5-16(6-4-15)21-14-22(20-13-19(26)11-12-23(20)29)28-24(27-21)17-7-9-18(25)10-8-17/h3-13,22,24,28-29H,2,14H2,1H3/t22-,24+/m1/s1. The summed E-state index contributed by atoms with van der Waals surface area (Å²) >= 11 is 12.3. The molecule has 3 aromatic rings. The van der Waals surface area contributed by atoms with Crippen LogP contribution in [0.1, 0.15) is 47.8 Å². The molecule has 0 bridgehead atoms. The number of nitrogens with one attached hydrogen (secondary N) is 1. The number of hydrogen-bond donors (Lipinski definition) is 2. The van der Waals surface area contributed by atoms with Gasteiger partial charge in [0.2, 0.25) is 0 Å². The first-order valence-corrected chi connectivity index (χ1v) is 10.4. The van der Waals surface area contributed by atoms with Crippen molar-refractivity contribution in [2.24, 2.45) is 4.99 Å². The fraction of sp³-hybridized carbons (Fsp3) is 0.208. The number of benzene rings is 3. The molecule has 0 unspecified atom stereocenters. The van der Waals surface area contributed by atoms with Crippen molar-refractivity contribution < 1.29 is 5.11 Å². The van der Waals surface area contributed by atoms with E-state index in [2.05, 4.69) is 36.5 Å². The maximum absolute atomic E-state index is 10.4. The molecule has 3 aromatic carbocycles. The summed E-state index contributed by atoms with van der Waals surface area (Å²) in [6.07, 6.45) is 1.41. The van der Waals surface area contributed by atoms with Gasteiger partial charge in [-0.2, -0.15) is 0 Å². The number of aromatic hydroxyl groups is 1. The van der Waals surface area contributed by atoms with Crippen LogP contribution < -0.4 is 5.32 Å². The molecule has 0 saturated heterocycles. The van der Waals surface area contributed by atoms with Gasteiger partial charge in [0.1, 0.15) is 11.9 Å². The lowest BCUT2D eigenvalue weighted by Crippen LogP contribution is -2.33. The molecule has 1 heterocycles. The molecule has 2 N–H and O–H groups in total. The van der Waals surface area contributed by atoms with Crippen molar-refractivity contribution in [3.8, 4) is 5.75 Å². The van der Waals surface area contributed by atoms with Gasteiger partial charge in [0, 0.05) is 33.8 Å². The molecule has 5 heteroatoms. The highest BCUT2D eigenvalue weighted by atomic mass is 35.5. The van der Waals surface area contributed by atoms with E-state index in [-0.39, 0.29) is 18.0 Å². The minimum atomic E-state index is -0.245. The zero-order valence-electron chi connectivity index (χ0n) is 16.1. The summed E-state index contributed by atoms with van der Waals surface area (Å²) in [6, 6.07) is 21.2. The second kappa shape index (κ2) is 8.58. The SMILES string of the molecule is CCc1ccc(C2=N[C@H](c3ccc(Cl)cc3)N[C@@H](c3cc(Cl)ccc3O)C2)cc1. The average Bonchev–Trinajstić information content (AvgIpc) is 2.75. The maximum Gasteiger partial charge on any atom is 0.126 e. The Morgan fingerprint density at radius 3 is 2.34 bits per heavy atom. The second-order valence-electron chi connectivity index (χ2n) is 7.21. The number of rotatable bonds is 4. The van der Waals surface area contributed by atoms with Gasteiger partial charge < -0.3 is 5.11 Å². The van der Waals surface area contributed by atoms with E-state index in [4.69, 9.17) is 28.2 Å². The molecule has 2 atom stereocenters. The van der Waals surface area contributed by atoms with Gasteiger partial charge in [0.05, 0.1) is 0 Å².